The van der Waals surface area contributed by atoms with Gasteiger partial charge < -0.3 is 10.6 Å². The molecule has 152 valence electrons. The lowest BCUT2D eigenvalue weighted by molar-refractivity contribution is 0.230. The van der Waals surface area contributed by atoms with Crippen molar-refractivity contribution in [3.63, 3.8) is 0 Å². The Balaban J connectivity index is 1.35. The second kappa shape index (κ2) is 9.83. The Hall–Kier alpha value is -2.20. The second-order valence-corrected chi connectivity index (χ2v) is 9.59. The fourth-order valence-electron chi connectivity index (χ4n) is 3.35. The largest absolute Gasteiger partial charge is 0.338 e. The number of amides is 4. The molecular formula is C18H26N6O2S2. The van der Waals surface area contributed by atoms with Crippen molar-refractivity contribution < 1.29 is 9.59 Å². The van der Waals surface area contributed by atoms with Crippen LogP contribution < -0.4 is 21.3 Å². The predicted octanol–water partition coefficient (Wildman–Crippen LogP) is 3.97. The quantitative estimate of drug-likeness (QED) is 0.565. The van der Waals surface area contributed by atoms with Gasteiger partial charge in [-0.2, -0.15) is 0 Å². The number of anilines is 2. The van der Waals surface area contributed by atoms with Gasteiger partial charge in [0.15, 0.2) is 10.3 Å². The fourth-order valence-corrected chi connectivity index (χ4v) is 4.67. The molecule has 0 aliphatic heterocycles. The molecule has 8 nitrogen and oxygen atoms in total. The van der Waals surface area contributed by atoms with E-state index in [1.807, 2.05) is 13.8 Å². The molecule has 2 atom stereocenters. The van der Waals surface area contributed by atoms with Gasteiger partial charge in [-0.3, -0.25) is 10.6 Å². The summed E-state index contributed by atoms with van der Waals surface area (Å²) in [5.41, 5.74) is 0. The first-order valence-electron chi connectivity index (χ1n) is 9.42. The minimum atomic E-state index is -0.215. The van der Waals surface area contributed by atoms with E-state index >= 15 is 0 Å². The summed E-state index contributed by atoms with van der Waals surface area (Å²) in [4.78, 5) is 34.4. The molecule has 0 radical (unpaired) electrons. The molecule has 10 heteroatoms. The summed E-state index contributed by atoms with van der Waals surface area (Å²) in [6, 6.07) is -0.430. The molecular weight excluding hydrogens is 396 g/mol. The highest BCUT2D eigenvalue weighted by Crippen LogP contribution is 2.28. The Morgan fingerprint density at radius 1 is 0.929 bits per heavy atom. The van der Waals surface area contributed by atoms with Gasteiger partial charge in [0.05, 0.1) is 0 Å². The summed E-state index contributed by atoms with van der Waals surface area (Å²) in [6.07, 6.45) is 7.78. The first-order chi connectivity index (χ1) is 13.5. The molecule has 3 rings (SSSR count). The maximum absolute atomic E-state index is 12.0. The normalized spacial score (nSPS) is 19.1. The number of carbonyl (C=O) groups excluding carboxylic acids is 2. The molecule has 2 aromatic heterocycles. The molecule has 0 spiro atoms. The Morgan fingerprint density at radius 2 is 1.39 bits per heavy atom. The third-order valence-electron chi connectivity index (χ3n) is 4.68. The molecule has 1 fully saturated rings. The average molecular weight is 423 g/mol. The molecule has 4 N–H and O–H groups in total. The third-order valence-corrected chi connectivity index (χ3v) is 6.33. The van der Waals surface area contributed by atoms with Gasteiger partial charge in [0.1, 0.15) is 0 Å². The zero-order chi connectivity index (χ0) is 19.9. The van der Waals surface area contributed by atoms with E-state index < -0.39 is 0 Å². The van der Waals surface area contributed by atoms with Gasteiger partial charge in [-0.25, -0.2) is 19.6 Å². The van der Waals surface area contributed by atoms with Gasteiger partial charge in [0, 0.05) is 35.2 Å². The van der Waals surface area contributed by atoms with Crippen molar-refractivity contribution in [1.29, 1.82) is 0 Å². The lowest BCUT2D eigenvalue weighted by atomic mass is 9.81. The van der Waals surface area contributed by atoms with Crippen LogP contribution in [0.25, 0.3) is 0 Å². The van der Waals surface area contributed by atoms with Crippen LogP contribution in [0.4, 0.5) is 19.9 Å². The fraction of sp³-hybridized carbons (Fsp3) is 0.556. The zero-order valence-corrected chi connectivity index (χ0v) is 17.7. The average Bonchev–Trinajstić information content (AvgIpc) is 3.26. The van der Waals surface area contributed by atoms with Crippen LogP contribution in [0.2, 0.25) is 0 Å². The summed E-state index contributed by atoms with van der Waals surface area (Å²) in [6.45, 7) is 5.18. The SMILES string of the molecule is Cc1cnc(NC(=O)NC[C@H]2CCC[C@@H](CNC(=O)Nc3ncc(C)s3)C2)s1. The summed E-state index contributed by atoms with van der Waals surface area (Å²) < 4.78 is 0. The number of hydrogen-bond donors (Lipinski definition) is 4. The number of hydrogen-bond acceptors (Lipinski definition) is 6. The first kappa shape index (κ1) is 20.5. The summed E-state index contributed by atoms with van der Waals surface area (Å²) in [5.74, 6) is 0.850. The number of aromatic nitrogens is 2. The highest BCUT2D eigenvalue weighted by molar-refractivity contribution is 7.15. The first-order valence-corrected chi connectivity index (χ1v) is 11.1. The van der Waals surface area contributed by atoms with Crippen molar-refractivity contribution in [2.24, 2.45) is 11.8 Å². The van der Waals surface area contributed by atoms with Crippen molar-refractivity contribution in [2.75, 3.05) is 23.7 Å². The van der Waals surface area contributed by atoms with Gasteiger partial charge in [-0.1, -0.05) is 6.42 Å². The van der Waals surface area contributed by atoms with E-state index in [4.69, 9.17) is 0 Å². The number of urea groups is 2. The molecule has 28 heavy (non-hydrogen) atoms. The molecule has 1 saturated carbocycles. The third kappa shape index (κ3) is 6.45. The molecule has 1 aliphatic carbocycles. The van der Waals surface area contributed by atoms with Gasteiger partial charge in [-0.15, -0.1) is 22.7 Å². The molecule has 1 aliphatic rings. The molecule has 2 heterocycles. The molecule has 2 aromatic rings. The highest BCUT2D eigenvalue weighted by Gasteiger charge is 2.23. The van der Waals surface area contributed by atoms with Crippen LogP contribution >= 0.6 is 22.7 Å². The second-order valence-electron chi connectivity index (χ2n) is 7.12. The van der Waals surface area contributed by atoms with E-state index in [9.17, 15) is 9.59 Å². The molecule has 0 aromatic carbocycles. The Labute approximate surface area is 172 Å². The van der Waals surface area contributed by atoms with E-state index in [0.717, 1.165) is 35.4 Å². The van der Waals surface area contributed by atoms with Gasteiger partial charge in [-0.05, 0) is 44.9 Å². The molecule has 0 saturated heterocycles. The van der Waals surface area contributed by atoms with Gasteiger partial charge >= 0.3 is 12.1 Å². The van der Waals surface area contributed by atoms with Crippen LogP contribution in [-0.4, -0.2) is 35.1 Å². The molecule has 0 bridgehead atoms. The standard InChI is InChI=1S/C18H26N6O2S2/c1-11-7-21-17(27-11)23-15(25)19-9-13-4-3-5-14(6-13)10-20-16(26)24-18-22-8-12(2)28-18/h7-8,13-14H,3-6,9-10H2,1-2H3,(H2,19,21,23,25)(H2,20,22,24,26)/t13-,14+. The van der Waals surface area contributed by atoms with Crippen LogP contribution in [0.5, 0.6) is 0 Å². The van der Waals surface area contributed by atoms with E-state index in [-0.39, 0.29) is 12.1 Å². The monoisotopic (exact) mass is 422 g/mol. The highest BCUT2D eigenvalue weighted by atomic mass is 32.1. The van der Waals surface area contributed by atoms with Crippen LogP contribution in [0.15, 0.2) is 12.4 Å². The number of thiazole rings is 2. The van der Waals surface area contributed by atoms with E-state index in [1.165, 1.54) is 22.7 Å². The number of carbonyl (C=O) groups is 2. The van der Waals surface area contributed by atoms with Crippen LogP contribution in [-0.2, 0) is 0 Å². The molecule has 4 amide bonds. The van der Waals surface area contributed by atoms with Gasteiger partial charge in [0.25, 0.3) is 0 Å². The number of aryl methyl sites for hydroxylation is 2. The Morgan fingerprint density at radius 3 is 1.79 bits per heavy atom. The topological polar surface area (TPSA) is 108 Å². The lowest BCUT2D eigenvalue weighted by Gasteiger charge is -2.29. The number of rotatable bonds is 6. The van der Waals surface area contributed by atoms with Crippen LogP contribution in [0, 0.1) is 25.7 Å². The summed E-state index contributed by atoms with van der Waals surface area (Å²) in [7, 11) is 0. The lowest BCUT2D eigenvalue weighted by Crippen LogP contribution is -2.38. The van der Waals surface area contributed by atoms with Crippen molar-refractivity contribution in [3.05, 3.63) is 22.1 Å². The maximum Gasteiger partial charge on any atom is 0.321 e. The van der Waals surface area contributed by atoms with Crippen molar-refractivity contribution in [2.45, 2.75) is 39.5 Å². The molecule has 0 unspecified atom stereocenters. The van der Waals surface area contributed by atoms with E-state index in [1.54, 1.807) is 12.4 Å². The zero-order valence-electron chi connectivity index (χ0n) is 16.1. The van der Waals surface area contributed by atoms with Crippen LogP contribution in [0.1, 0.15) is 35.4 Å². The van der Waals surface area contributed by atoms with E-state index in [0.29, 0.717) is 35.2 Å². The number of nitrogens with zero attached hydrogens (tertiary/aromatic N) is 2. The summed E-state index contributed by atoms with van der Waals surface area (Å²) >= 11 is 2.91. The number of nitrogens with one attached hydrogen (secondary N) is 4. The maximum atomic E-state index is 12.0. The summed E-state index contributed by atoms with van der Waals surface area (Å²) in [5, 5.41) is 12.6. The van der Waals surface area contributed by atoms with Crippen molar-refractivity contribution >= 4 is 45.0 Å². The Bertz CT molecular complexity index is 741. The van der Waals surface area contributed by atoms with Crippen molar-refractivity contribution in [3.8, 4) is 0 Å². The minimum Gasteiger partial charge on any atom is -0.338 e. The van der Waals surface area contributed by atoms with E-state index in [2.05, 4.69) is 31.2 Å². The van der Waals surface area contributed by atoms with Gasteiger partial charge in [0.2, 0.25) is 0 Å². The minimum absolute atomic E-state index is 0.215. The Kier molecular flexibility index (Phi) is 7.21. The van der Waals surface area contributed by atoms with Crippen LogP contribution in [0.3, 0.4) is 0 Å². The smallest absolute Gasteiger partial charge is 0.321 e. The predicted molar refractivity (Wildman–Crippen MR) is 113 cm³/mol. The van der Waals surface area contributed by atoms with Crippen molar-refractivity contribution in [1.82, 2.24) is 20.6 Å².